The number of rotatable bonds is 6. The lowest BCUT2D eigenvalue weighted by molar-refractivity contribution is -0.147. The van der Waals surface area contributed by atoms with Gasteiger partial charge in [0.25, 0.3) is 0 Å². The molecule has 1 aromatic heterocycles. The number of hydrogen-bond acceptors (Lipinski definition) is 6. The molecule has 1 heterocycles. The van der Waals surface area contributed by atoms with E-state index in [0.29, 0.717) is 5.88 Å². The Labute approximate surface area is 105 Å². The van der Waals surface area contributed by atoms with E-state index in [-0.39, 0.29) is 18.7 Å². The summed E-state index contributed by atoms with van der Waals surface area (Å²) in [5.41, 5.74) is 0.242. The van der Waals surface area contributed by atoms with Crippen LogP contribution in [0.3, 0.4) is 0 Å². The van der Waals surface area contributed by atoms with Gasteiger partial charge in [0.1, 0.15) is 6.10 Å². The minimum absolute atomic E-state index is 0.235. The van der Waals surface area contributed by atoms with E-state index in [1.165, 1.54) is 7.11 Å². The van der Waals surface area contributed by atoms with Crippen molar-refractivity contribution in [3.05, 3.63) is 23.9 Å². The summed E-state index contributed by atoms with van der Waals surface area (Å²) in [5, 5.41) is 19.6. The van der Waals surface area contributed by atoms with Gasteiger partial charge in [-0.05, 0) is 13.0 Å². The summed E-state index contributed by atoms with van der Waals surface area (Å²) in [6, 6.07) is 4.80. The fraction of sp³-hybridized carbons (Fsp3) is 0.500. The number of aliphatic hydroxyl groups is 2. The number of carbonyl (C=O) groups excluding carboxylic acids is 1. The molecule has 1 aromatic rings. The number of carbonyl (C=O) groups is 1. The molecule has 0 amide bonds. The van der Waals surface area contributed by atoms with Gasteiger partial charge in [0.05, 0.1) is 31.9 Å². The maximum atomic E-state index is 11.2. The summed E-state index contributed by atoms with van der Waals surface area (Å²) < 4.78 is 9.60. The van der Waals surface area contributed by atoms with Crippen LogP contribution in [-0.2, 0) is 9.53 Å². The summed E-state index contributed by atoms with van der Waals surface area (Å²) in [7, 11) is 1.45. The molecule has 0 aliphatic carbocycles. The van der Waals surface area contributed by atoms with Crippen LogP contribution in [0.4, 0.5) is 0 Å². The first-order chi connectivity index (χ1) is 8.58. The average molecular weight is 255 g/mol. The van der Waals surface area contributed by atoms with Crippen LogP contribution in [0, 0.1) is 0 Å². The fourth-order valence-corrected chi connectivity index (χ4v) is 1.41. The standard InChI is InChI=1S/C12H17NO5/c1-3-18-11(15)7-9(14)12(16)8-5-4-6-10(13-8)17-2/h4-6,9,12,14,16H,3,7H2,1-2H3. The van der Waals surface area contributed by atoms with E-state index in [9.17, 15) is 15.0 Å². The number of ether oxygens (including phenoxy) is 2. The van der Waals surface area contributed by atoms with Crippen LogP contribution in [0.5, 0.6) is 5.88 Å². The average Bonchev–Trinajstić information content (AvgIpc) is 2.38. The number of aromatic nitrogens is 1. The highest BCUT2D eigenvalue weighted by Gasteiger charge is 2.23. The van der Waals surface area contributed by atoms with Gasteiger partial charge in [-0.1, -0.05) is 6.07 Å². The minimum Gasteiger partial charge on any atom is -0.481 e. The number of pyridine rings is 1. The van der Waals surface area contributed by atoms with Crippen LogP contribution >= 0.6 is 0 Å². The van der Waals surface area contributed by atoms with Gasteiger partial charge in [-0.25, -0.2) is 4.98 Å². The van der Waals surface area contributed by atoms with Gasteiger partial charge < -0.3 is 19.7 Å². The lowest BCUT2D eigenvalue weighted by Gasteiger charge is -2.16. The Bertz CT molecular complexity index is 396. The van der Waals surface area contributed by atoms with Crippen LogP contribution in [0.1, 0.15) is 25.1 Å². The molecule has 0 aliphatic rings. The Hall–Kier alpha value is -1.66. The van der Waals surface area contributed by atoms with Gasteiger partial charge in [0, 0.05) is 6.07 Å². The van der Waals surface area contributed by atoms with Gasteiger partial charge in [0.15, 0.2) is 0 Å². The van der Waals surface area contributed by atoms with E-state index >= 15 is 0 Å². The highest BCUT2D eigenvalue weighted by molar-refractivity contribution is 5.70. The van der Waals surface area contributed by atoms with Gasteiger partial charge >= 0.3 is 5.97 Å². The molecule has 18 heavy (non-hydrogen) atoms. The molecule has 0 aliphatic heterocycles. The molecule has 6 heteroatoms. The summed E-state index contributed by atoms with van der Waals surface area (Å²) in [6.45, 7) is 1.91. The van der Waals surface area contributed by atoms with E-state index in [2.05, 4.69) is 9.72 Å². The number of hydrogen-bond donors (Lipinski definition) is 2. The maximum Gasteiger partial charge on any atom is 0.308 e. The molecule has 100 valence electrons. The second-order valence-electron chi connectivity index (χ2n) is 3.63. The zero-order valence-electron chi connectivity index (χ0n) is 10.4. The number of aliphatic hydroxyl groups excluding tert-OH is 2. The molecule has 2 atom stereocenters. The first-order valence-corrected chi connectivity index (χ1v) is 5.61. The highest BCUT2D eigenvalue weighted by atomic mass is 16.5. The third-order valence-corrected chi connectivity index (χ3v) is 2.30. The fourth-order valence-electron chi connectivity index (χ4n) is 1.41. The first-order valence-electron chi connectivity index (χ1n) is 5.61. The molecule has 2 N–H and O–H groups in total. The molecule has 0 saturated carbocycles. The summed E-state index contributed by atoms with van der Waals surface area (Å²) in [5.74, 6) is -0.234. The maximum absolute atomic E-state index is 11.2. The molecule has 6 nitrogen and oxygen atoms in total. The molecule has 0 aromatic carbocycles. The van der Waals surface area contributed by atoms with Crippen molar-refractivity contribution < 1.29 is 24.5 Å². The predicted molar refractivity (Wildman–Crippen MR) is 63.0 cm³/mol. The van der Waals surface area contributed by atoms with E-state index in [1.807, 2.05) is 0 Å². The van der Waals surface area contributed by atoms with Crippen molar-refractivity contribution >= 4 is 5.97 Å². The van der Waals surface area contributed by atoms with E-state index in [0.717, 1.165) is 0 Å². The topological polar surface area (TPSA) is 88.9 Å². The van der Waals surface area contributed by atoms with E-state index < -0.39 is 18.2 Å². The van der Waals surface area contributed by atoms with Gasteiger partial charge in [-0.3, -0.25) is 4.79 Å². The molecule has 0 radical (unpaired) electrons. The Morgan fingerprint density at radius 2 is 2.17 bits per heavy atom. The number of esters is 1. The number of methoxy groups -OCH3 is 1. The molecule has 2 unspecified atom stereocenters. The molecule has 1 rings (SSSR count). The van der Waals surface area contributed by atoms with Crippen molar-refractivity contribution in [2.75, 3.05) is 13.7 Å². The van der Waals surface area contributed by atoms with Crippen molar-refractivity contribution in [1.82, 2.24) is 4.98 Å². The molecule has 0 saturated heterocycles. The molecule has 0 spiro atoms. The monoisotopic (exact) mass is 255 g/mol. The second-order valence-corrected chi connectivity index (χ2v) is 3.63. The van der Waals surface area contributed by atoms with Gasteiger partial charge in [0.2, 0.25) is 5.88 Å². The smallest absolute Gasteiger partial charge is 0.308 e. The van der Waals surface area contributed by atoms with Crippen LogP contribution in [-0.4, -0.2) is 41.0 Å². The molecular weight excluding hydrogens is 238 g/mol. The Morgan fingerprint density at radius 3 is 2.78 bits per heavy atom. The summed E-state index contributed by atoms with van der Waals surface area (Å²) >= 11 is 0. The first kappa shape index (κ1) is 14.4. The van der Waals surface area contributed by atoms with Crippen molar-refractivity contribution in [2.24, 2.45) is 0 Å². The second kappa shape index (κ2) is 6.93. The van der Waals surface area contributed by atoms with Crippen LogP contribution < -0.4 is 4.74 Å². The third kappa shape index (κ3) is 3.97. The Balaban J connectivity index is 2.67. The zero-order valence-corrected chi connectivity index (χ0v) is 10.4. The molecular formula is C12H17NO5. The summed E-state index contributed by atoms with van der Waals surface area (Å²) in [4.78, 5) is 15.2. The van der Waals surface area contributed by atoms with Crippen molar-refractivity contribution in [2.45, 2.75) is 25.6 Å². The normalized spacial score (nSPS) is 13.8. The quantitative estimate of drug-likeness (QED) is 0.717. The van der Waals surface area contributed by atoms with Gasteiger partial charge in [-0.2, -0.15) is 0 Å². The van der Waals surface area contributed by atoms with Crippen molar-refractivity contribution in [3.8, 4) is 5.88 Å². The minimum atomic E-state index is -1.26. The van der Waals surface area contributed by atoms with Gasteiger partial charge in [-0.15, -0.1) is 0 Å². The van der Waals surface area contributed by atoms with E-state index in [1.54, 1.807) is 25.1 Å². The lowest BCUT2D eigenvalue weighted by Crippen LogP contribution is -2.23. The SMILES string of the molecule is CCOC(=O)CC(O)C(O)c1cccc(OC)n1. The lowest BCUT2D eigenvalue weighted by atomic mass is 10.1. The Morgan fingerprint density at radius 1 is 1.44 bits per heavy atom. The zero-order chi connectivity index (χ0) is 13.5. The van der Waals surface area contributed by atoms with Crippen molar-refractivity contribution in [1.29, 1.82) is 0 Å². The summed E-state index contributed by atoms with van der Waals surface area (Å²) in [6.07, 6.45) is -2.80. The Kier molecular flexibility index (Phi) is 5.54. The van der Waals surface area contributed by atoms with Crippen LogP contribution in [0.15, 0.2) is 18.2 Å². The van der Waals surface area contributed by atoms with Crippen LogP contribution in [0.2, 0.25) is 0 Å². The third-order valence-electron chi connectivity index (χ3n) is 2.30. The van der Waals surface area contributed by atoms with Crippen molar-refractivity contribution in [3.63, 3.8) is 0 Å². The van der Waals surface area contributed by atoms with E-state index in [4.69, 9.17) is 4.74 Å². The number of nitrogens with zero attached hydrogens (tertiary/aromatic N) is 1. The van der Waals surface area contributed by atoms with Crippen LogP contribution in [0.25, 0.3) is 0 Å². The predicted octanol–water partition coefficient (Wildman–Crippen LogP) is 0.438. The molecule has 0 fully saturated rings. The largest absolute Gasteiger partial charge is 0.481 e. The highest BCUT2D eigenvalue weighted by Crippen LogP contribution is 2.19. The molecule has 0 bridgehead atoms.